The van der Waals surface area contributed by atoms with Gasteiger partial charge in [0, 0.05) is 24.5 Å². The van der Waals surface area contributed by atoms with E-state index in [1.165, 1.54) is 0 Å². The first-order chi connectivity index (χ1) is 8.04. The van der Waals surface area contributed by atoms with E-state index < -0.39 is 0 Å². The maximum Gasteiger partial charge on any atom is 0.131 e. The van der Waals surface area contributed by atoms with Gasteiger partial charge in [-0.15, -0.1) is 0 Å². The number of pyridine rings is 1. The highest BCUT2D eigenvalue weighted by molar-refractivity contribution is 7.80. The van der Waals surface area contributed by atoms with Crippen molar-refractivity contribution < 1.29 is 0 Å². The molecule has 0 unspecified atom stereocenters. The second-order valence-electron chi connectivity index (χ2n) is 3.77. The molecule has 0 saturated heterocycles. The molecular formula is C11H13N5S. The third-order valence-electron chi connectivity index (χ3n) is 2.22. The van der Waals surface area contributed by atoms with Crippen LogP contribution in [0, 0.1) is 6.92 Å². The Morgan fingerprint density at radius 3 is 2.82 bits per heavy atom. The summed E-state index contributed by atoms with van der Waals surface area (Å²) in [7, 11) is 1.86. The molecule has 2 aromatic heterocycles. The minimum atomic E-state index is 0.365. The Hall–Kier alpha value is -1.95. The monoisotopic (exact) mass is 247 g/mol. The summed E-state index contributed by atoms with van der Waals surface area (Å²) in [4.78, 5) is 4.72. The van der Waals surface area contributed by atoms with Crippen molar-refractivity contribution >= 4 is 28.7 Å². The van der Waals surface area contributed by atoms with Crippen LogP contribution in [0.3, 0.4) is 0 Å². The highest BCUT2D eigenvalue weighted by atomic mass is 32.1. The molecule has 0 aromatic carbocycles. The van der Waals surface area contributed by atoms with Crippen molar-refractivity contribution in [1.82, 2.24) is 14.8 Å². The standard InChI is InChI=1S/C11H13N5S/c1-7-3-8(11(12)17)4-10(14-7)15-9-5-13-16(2)6-9/h3-6H,1-2H3,(H2,12,17)(H,14,15). The molecule has 0 spiro atoms. The van der Waals surface area contributed by atoms with Crippen LogP contribution >= 0.6 is 12.2 Å². The Morgan fingerprint density at radius 1 is 1.47 bits per heavy atom. The highest BCUT2D eigenvalue weighted by Crippen LogP contribution is 2.15. The molecular weight excluding hydrogens is 234 g/mol. The lowest BCUT2D eigenvalue weighted by Gasteiger charge is -2.06. The summed E-state index contributed by atoms with van der Waals surface area (Å²) in [6, 6.07) is 3.68. The number of anilines is 2. The summed E-state index contributed by atoms with van der Waals surface area (Å²) >= 11 is 4.96. The Labute approximate surface area is 105 Å². The summed E-state index contributed by atoms with van der Waals surface area (Å²) in [6.07, 6.45) is 3.59. The van der Waals surface area contributed by atoms with Crippen LogP contribution in [0.25, 0.3) is 0 Å². The second-order valence-corrected chi connectivity index (χ2v) is 4.21. The van der Waals surface area contributed by atoms with Crippen LogP contribution in [-0.2, 0) is 7.05 Å². The molecule has 0 aliphatic carbocycles. The van der Waals surface area contributed by atoms with Gasteiger partial charge in [0.25, 0.3) is 0 Å². The fraction of sp³-hybridized carbons (Fsp3) is 0.182. The predicted molar refractivity (Wildman–Crippen MR) is 71.4 cm³/mol. The summed E-state index contributed by atoms with van der Waals surface area (Å²) in [5, 5.41) is 7.22. The van der Waals surface area contributed by atoms with Crippen molar-refractivity contribution in [3.8, 4) is 0 Å². The van der Waals surface area contributed by atoms with Crippen LogP contribution in [0.1, 0.15) is 11.3 Å². The van der Waals surface area contributed by atoms with Crippen molar-refractivity contribution in [3.63, 3.8) is 0 Å². The number of nitrogens with one attached hydrogen (secondary N) is 1. The van der Waals surface area contributed by atoms with Crippen LogP contribution in [0.5, 0.6) is 0 Å². The molecule has 2 aromatic rings. The average molecular weight is 247 g/mol. The first kappa shape index (κ1) is 11.5. The first-order valence-electron chi connectivity index (χ1n) is 5.09. The van der Waals surface area contributed by atoms with E-state index in [0.717, 1.165) is 16.9 Å². The minimum absolute atomic E-state index is 0.365. The Balaban J connectivity index is 2.29. The zero-order valence-corrected chi connectivity index (χ0v) is 10.5. The zero-order valence-electron chi connectivity index (χ0n) is 9.64. The number of hydrogen-bond acceptors (Lipinski definition) is 4. The van der Waals surface area contributed by atoms with Crippen molar-refractivity contribution in [2.24, 2.45) is 12.8 Å². The topological polar surface area (TPSA) is 68.8 Å². The van der Waals surface area contributed by atoms with E-state index in [9.17, 15) is 0 Å². The molecule has 3 N–H and O–H groups in total. The summed E-state index contributed by atoms with van der Waals surface area (Å²) in [5.74, 6) is 0.709. The van der Waals surface area contributed by atoms with Gasteiger partial charge in [-0.05, 0) is 19.1 Å². The lowest BCUT2D eigenvalue weighted by Crippen LogP contribution is -2.10. The first-order valence-corrected chi connectivity index (χ1v) is 5.49. The lowest BCUT2D eigenvalue weighted by atomic mass is 10.2. The lowest BCUT2D eigenvalue weighted by molar-refractivity contribution is 0.768. The summed E-state index contributed by atoms with van der Waals surface area (Å²) in [5.41, 5.74) is 8.15. The number of rotatable bonds is 3. The molecule has 6 heteroatoms. The van der Waals surface area contributed by atoms with Gasteiger partial charge in [-0.2, -0.15) is 5.10 Å². The minimum Gasteiger partial charge on any atom is -0.389 e. The van der Waals surface area contributed by atoms with Crippen LogP contribution in [-0.4, -0.2) is 19.8 Å². The SMILES string of the molecule is Cc1cc(C(N)=S)cc(Nc2cnn(C)c2)n1. The van der Waals surface area contributed by atoms with Crippen LogP contribution < -0.4 is 11.1 Å². The molecule has 0 aliphatic heterocycles. The van der Waals surface area contributed by atoms with Gasteiger partial charge in [0.2, 0.25) is 0 Å². The van der Waals surface area contributed by atoms with Gasteiger partial charge in [0.15, 0.2) is 0 Å². The molecule has 88 valence electrons. The smallest absolute Gasteiger partial charge is 0.131 e. The second kappa shape index (κ2) is 4.50. The molecule has 0 amide bonds. The van der Waals surface area contributed by atoms with Gasteiger partial charge in [-0.3, -0.25) is 4.68 Å². The molecule has 0 atom stereocenters. The number of aryl methyl sites for hydroxylation is 2. The Bertz CT molecular complexity index is 561. The molecule has 0 bridgehead atoms. The molecule has 2 rings (SSSR count). The van der Waals surface area contributed by atoms with Crippen LogP contribution in [0.2, 0.25) is 0 Å². The largest absolute Gasteiger partial charge is 0.389 e. The molecule has 2 heterocycles. The number of aromatic nitrogens is 3. The molecule has 0 aliphatic rings. The summed E-state index contributed by atoms with van der Waals surface area (Å²) in [6.45, 7) is 1.90. The van der Waals surface area contributed by atoms with E-state index in [1.807, 2.05) is 32.3 Å². The normalized spacial score (nSPS) is 10.2. The van der Waals surface area contributed by atoms with Crippen molar-refractivity contribution in [2.75, 3.05) is 5.32 Å². The quantitative estimate of drug-likeness (QED) is 0.804. The van der Waals surface area contributed by atoms with Gasteiger partial charge >= 0.3 is 0 Å². The van der Waals surface area contributed by atoms with E-state index in [0.29, 0.717) is 10.8 Å². The number of thiocarbonyl (C=S) groups is 1. The van der Waals surface area contributed by atoms with E-state index >= 15 is 0 Å². The molecule has 0 saturated carbocycles. The average Bonchev–Trinajstić information content (AvgIpc) is 2.63. The van der Waals surface area contributed by atoms with Crippen molar-refractivity contribution in [1.29, 1.82) is 0 Å². The van der Waals surface area contributed by atoms with E-state index in [2.05, 4.69) is 15.4 Å². The third kappa shape index (κ3) is 2.79. The third-order valence-corrected chi connectivity index (χ3v) is 2.45. The van der Waals surface area contributed by atoms with E-state index in [4.69, 9.17) is 18.0 Å². The summed E-state index contributed by atoms with van der Waals surface area (Å²) < 4.78 is 1.71. The van der Waals surface area contributed by atoms with Crippen molar-refractivity contribution in [3.05, 3.63) is 35.8 Å². The number of hydrogen-bond donors (Lipinski definition) is 2. The molecule has 5 nitrogen and oxygen atoms in total. The predicted octanol–water partition coefficient (Wildman–Crippen LogP) is 1.50. The molecule has 0 fully saturated rings. The van der Waals surface area contributed by atoms with Crippen LogP contribution in [0.4, 0.5) is 11.5 Å². The van der Waals surface area contributed by atoms with Gasteiger partial charge in [-0.1, -0.05) is 12.2 Å². The van der Waals surface area contributed by atoms with E-state index in [1.54, 1.807) is 10.9 Å². The zero-order chi connectivity index (χ0) is 12.4. The maximum absolute atomic E-state index is 5.61. The van der Waals surface area contributed by atoms with Gasteiger partial charge in [-0.25, -0.2) is 4.98 Å². The fourth-order valence-corrected chi connectivity index (χ4v) is 1.63. The van der Waals surface area contributed by atoms with Gasteiger partial charge in [0.1, 0.15) is 10.8 Å². The number of nitrogens with two attached hydrogens (primary N) is 1. The van der Waals surface area contributed by atoms with Gasteiger partial charge < -0.3 is 11.1 Å². The van der Waals surface area contributed by atoms with Crippen LogP contribution in [0.15, 0.2) is 24.5 Å². The molecule has 17 heavy (non-hydrogen) atoms. The van der Waals surface area contributed by atoms with Gasteiger partial charge in [0.05, 0.1) is 11.9 Å². The fourth-order valence-electron chi connectivity index (χ4n) is 1.51. The maximum atomic E-state index is 5.61. The van der Waals surface area contributed by atoms with E-state index in [-0.39, 0.29) is 0 Å². The highest BCUT2D eigenvalue weighted by Gasteiger charge is 2.03. The van der Waals surface area contributed by atoms with Crippen molar-refractivity contribution in [2.45, 2.75) is 6.92 Å². The molecule has 0 radical (unpaired) electrons. The Kier molecular flexibility index (Phi) is 3.06. The number of nitrogens with zero attached hydrogens (tertiary/aromatic N) is 3. The Morgan fingerprint density at radius 2 is 2.24 bits per heavy atom.